The van der Waals surface area contributed by atoms with Gasteiger partial charge in [0, 0.05) is 18.3 Å². The molecule has 0 atom stereocenters. The molecule has 0 unspecified atom stereocenters. The van der Waals surface area contributed by atoms with Gasteiger partial charge in [0.1, 0.15) is 0 Å². The topological polar surface area (TPSA) is 56.8 Å². The Kier molecular flexibility index (Phi) is 7.55. The summed E-state index contributed by atoms with van der Waals surface area (Å²) in [6.07, 6.45) is 2.26. The molecule has 26 heavy (non-hydrogen) atoms. The standard InChI is InChI=1S/C21H25NO4/c1-4-26-21(23)15-18(17-8-6-5-7-9-17)22-13-12-16-10-11-19(24-2)20(14-16)25-3/h5-11,14-15,22H,4,12-13H2,1-3H3/b18-15+. The minimum Gasteiger partial charge on any atom is -0.493 e. The first-order valence-corrected chi connectivity index (χ1v) is 8.56. The largest absolute Gasteiger partial charge is 0.493 e. The average Bonchev–Trinajstić information content (AvgIpc) is 2.68. The zero-order valence-electron chi connectivity index (χ0n) is 15.5. The van der Waals surface area contributed by atoms with E-state index in [-0.39, 0.29) is 5.97 Å². The first-order chi connectivity index (χ1) is 12.7. The van der Waals surface area contributed by atoms with E-state index in [4.69, 9.17) is 14.2 Å². The molecule has 0 amide bonds. The molecule has 0 spiro atoms. The van der Waals surface area contributed by atoms with Gasteiger partial charge in [0.15, 0.2) is 11.5 Å². The van der Waals surface area contributed by atoms with Crippen LogP contribution in [0.3, 0.4) is 0 Å². The van der Waals surface area contributed by atoms with E-state index in [0.717, 1.165) is 23.2 Å². The Morgan fingerprint density at radius 3 is 2.42 bits per heavy atom. The Morgan fingerprint density at radius 2 is 1.77 bits per heavy atom. The molecule has 0 aromatic heterocycles. The van der Waals surface area contributed by atoms with E-state index < -0.39 is 0 Å². The Bertz CT molecular complexity index is 741. The van der Waals surface area contributed by atoms with Crippen LogP contribution in [0.15, 0.2) is 54.6 Å². The molecule has 0 saturated heterocycles. The lowest BCUT2D eigenvalue weighted by molar-refractivity contribution is -0.137. The monoisotopic (exact) mass is 355 g/mol. The van der Waals surface area contributed by atoms with Gasteiger partial charge in [-0.15, -0.1) is 0 Å². The molecule has 2 aromatic carbocycles. The zero-order valence-corrected chi connectivity index (χ0v) is 15.5. The van der Waals surface area contributed by atoms with Crippen LogP contribution in [-0.4, -0.2) is 33.3 Å². The van der Waals surface area contributed by atoms with Crippen molar-refractivity contribution >= 4 is 11.7 Å². The van der Waals surface area contributed by atoms with Crippen molar-refractivity contribution in [1.29, 1.82) is 0 Å². The maximum atomic E-state index is 11.8. The van der Waals surface area contributed by atoms with Crippen LogP contribution in [0.5, 0.6) is 11.5 Å². The summed E-state index contributed by atoms with van der Waals surface area (Å²) >= 11 is 0. The number of rotatable bonds is 9. The van der Waals surface area contributed by atoms with Gasteiger partial charge < -0.3 is 19.5 Å². The molecule has 0 saturated carbocycles. The minimum atomic E-state index is -0.357. The van der Waals surface area contributed by atoms with E-state index in [9.17, 15) is 4.79 Å². The fourth-order valence-electron chi connectivity index (χ4n) is 2.53. The van der Waals surface area contributed by atoms with Crippen LogP contribution >= 0.6 is 0 Å². The second-order valence-corrected chi connectivity index (χ2v) is 5.54. The molecule has 5 heteroatoms. The predicted octanol–water partition coefficient (Wildman–Crippen LogP) is 3.44. The van der Waals surface area contributed by atoms with E-state index in [1.807, 2.05) is 48.5 Å². The highest BCUT2D eigenvalue weighted by Crippen LogP contribution is 2.27. The predicted molar refractivity (Wildman–Crippen MR) is 102 cm³/mol. The van der Waals surface area contributed by atoms with Crippen LogP contribution in [0.25, 0.3) is 5.70 Å². The fourth-order valence-corrected chi connectivity index (χ4v) is 2.53. The first kappa shape index (κ1) is 19.4. The SMILES string of the molecule is CCOC(=O)/C=C(/NCCc1ccc(OC)c(OC)c1)c1ccccc1. The fraction of sp³-hybridized carbons (Fsp3) is 0.286. The minimum absolute atomic E-state index is 0.350. The van der Waals surface area contributed by atoms with E-state index in [2.05, 4.69) is 5.32 Å². The molecule has 0 bridgehead atoms. The average molecular weight is 355 g/mol. The Balaban J connectivity index is 2.06. The van der Waals surface area contributed by atoms with Crippen molar-refractivity contribution < 1.29 is 19.0 Å². The highest BCUT2D eigenvalue weighted by molar-refractivity contribution is 5.90. The van der Waals surface area contributed by atoms with Crippen molar-refractivity contribution in [3.8, 4) is 11.5 Å². The molecule has 5 nitrogen and oxygen atoms in total. The molecule has 0 aliphatic heterocycles. The molecule has 0 aliphatic carbocycles. The summed E-state index contributed by atoms with van der Waals surface area (Å²) in [5.74, 6) is 1.05. The molecule has 1 N–H and O–H groups in total. The number of methoxy groups -OCH3 is 2. The molecule has 0 fully saturated rings. The Hall–Kier alpha value is -2.95. The molecular weight excluding hydrogens is 330 g/mol. The smallest absolute Gasteiger partial charge is 0.332 e. The zero-order chi connectivity index (χ0) is 18.8. The van der Waals surface area contributed by atoms with E-state index >= 15 is 0 Å². The van der Waals surface area contributed by atoms with Crippen LogP contribution in [-0.2, 0) is 16.0 Å². The van der Waals surface area contributed by atoms with Crippen molar-refractivity contribution in [2.75, 3.05) is 27.4 Å². The van der Waals surface area contributed by atoms with Crippen LogP contribution in [0.2, 0.25) is 0 Å². The third kappa shape index (κ3) is 5.55. The van der Waals surface area contributed by atoms with Gasteiger partial charge in [0.2, 0.25) is 0 Å². The first-order valence-electron chi connectivity index (χ1n) is 8.56. The van der Waals surface area contributed by atoms with E-state index in [1.54, 1.807) is 21.1 Å². The lowest BCUT2D eigenvalue weighted by atomic mass is 10.1. The van der Waals surface area contributed by atoms with Gasteiger partial charge in [0.25, 0.3) is 0 Å². The molecule has 0 heterocycles. The van der Waals surface area contributed by atoms with Gasteiger partial charge in [-0.2, -0.15) is 0 Å². The summed E-state index contributed by atoms with van der Waals surface area (Å²) in [5.41, 5.74) is 2.79. The Labute approximate surface area is 154 Å². The summed E-state index contributed by atoms with van der Waals surface area (Å²) in [6, 6.07) is 15.6. The van der Waals surface area contributed by atoms with Crippen molar-refractivity contribution in [1.82, 2.24) is 5.32 Å². The normalized spacial score (nSPS) is 11.0. The third-order valence-corrected chi connectivity index (χ3v) is 3.81. The summed E-state index contributed by atoms with van der Waals surface area (Å²) in [6.45, 7) is 2.80. The van der Waals surface area contributed by atoms with E-state index in [1.165, 1.54) is 6.08 Å². The van der Waals surface area contributed by atoms with Crippen LogP contribution in [0.4, 0.5) is 0 Å². The molecule has 2 aromatic rings. The lowest BCUT2D eigenvalue weighted by Gasteiger charge is -2.13. The van der Waals surface area contributed by atoms with Gasteiger partial charge in [-0.1, -0.05) is 36.4 Å². The summed E-state index contributed by atoms with van der Waals surface area (Å²) in [5, 5.41) is 3.33. The quantitative estimate of drug-likeness (QED) is 0.552. The molecule has 138 valence electrons. The summed E-state index contributed by atoms with van der Waals surface area (Å²) < 4.78 is 15.6. The van der Waals surface area contributed by atoms with Gasteiger partial charge in [-0.25, -0.2) is 4.79 Å². The number of carbonyl (C=O) groups excluding carboxylic acids is 1. The Morgan fingerprint density at radius 1 is 1.04 bits per heavy atom. The van der Waals surface area contributed by atoms with Crippen LogP contribution < -0.4 is 14.8 Å². The number of esters is 1. The molecular formula is C21H25NO4. The second-order valence-electron chi connectivity index (χ2n) is 5.54. The lowest BCUT2D eigenvalue weighted by Crippen LogP contribution is -2.17. The second kappa shape index (κ2) is 10.1. The highest BCUT2D eigenvalue weighted by Gasteiger charge is 2.07. The van der Waals surface area contributed by atoms with Crippen LogP contribution in [0, 0.1) is 0 Å². The van der Waals surface area contributed by atoms with Gasteiger partial charge in [-0.3, -0.25) is 0 Å². The number of nitrogens with one attached hydrogen (secondary N) is 1. The van der Waals surface area contributed by atoms with E-state index in [0.29, 0.717) is 24.7 Å². The van der Waals surface area contributed by atoms with Crippen molar-refractivity contribution in [3.63, 3.8) is 0 Å². The van der Waals surface area contributed by atoms with Gasteiger partial charge in [-0.05, 0) is 36.6 Å². The molecule has 0 aliphatic rings. The van der Waals surface area contributed by atoms with Crippen molar-refractivity contribution in [2.24, 2.45) is 0 Å². The number of benzene rings is 2. The molecule has 0 radical (unpaired) electrons. The number of carbonyl (C=O) groups is 1. The number of ether oxygens (including phenoxy) is 3. The number of hydrogen-bond acceptors (Lipinski definition) is 5. The van der Waals surface area contributed by atoms with Gasteiger partial charge in [0.05, 0.1) is 20.8 Å². The summed E-state index contributed by atoms with van der Waals surface area (Å²) in [4.78, 5) is 11.8. The highest BCUT2D eigenvalue weighted by atomic mass is 16.5. The maximum Gasteiger partial charge on any atom is 0.332 e. The number of hydrogen-bond donors (Lipinski definition) is 1. The van der Waals surface area contributed by atoms with Crippen molar-refractivity contribution in [3.05, 3.63) is 65.7 Å². The van der Waals surface area contributed by atoms with Crippen molar-refractivity contribution in [2.45, 2.75) is 13.3 Å². The maximum absolute atomic E-state index is 11.8. The molecule has 2 rings (SSSR count). The summed E-state index contributed by atoms with van der Waals surface area (Å²) in [7, 11) is 3.24. The van der Waals surface area contributed by atoms with Crippen LogP contribution in [0.1, 0.15) is 18.1 Å². The van der Waals surface area contributed by atoms with Gasteiger partial charge >= 0.3 is 5.97 Å². The third-order valence-electron chi connectivity index (χ3n) is 3.81.